The zero-order valence-electron chi connectivity index (χ0n) is 21.5. The molecule has 2 aromatic rings. The summed E-state index contributed by atoms with van der Waals surface area (Å²) >= 11 is 0. The van der Waals surface area contributed by atoms with Crippen LogP contribution in [0.1, 0.15) is 68.3 Å². The quantitative estimate of drug-likeness (QED) is 0.272. The third kappa shape index (κ3) is 8.19. The van der Waals surface area contributed by atoms with Crippen LogP contribution in [0.5, 0.6) is 0 Å². The second-order valence-corrected chi connectivity index (χ2v) is 9.19. The SMILES string of the molecule is CCCC(CC)CCC(=O)Nc1cc(Nc2ccc(C(=O)NC3=NCCCN3)cc2C(F)(F)F)ccc1F. The third-order valence-corrected chi connectivity index (χ3v) is 6.29. The highest BCUT2D eigenvalue weighted by Gasteiger charge is 2.34. The Balaban J connectivity index is 1.75. The van der Waals surface area contributed by atoms with Gasteiger partial charge in [-0.05, 0) is 55.2 Å². The summed E-state index contributed by atoms with van der Waals surface area (Å²) < 4.78 is 56.0. The van der Waals surface area contributed by atoms with Crippen molar-refractivity contribution in [2.45, 2.75) is 58.5 Å². The van der Waals surface area contributed by atoms with Gasteiger partial charge in [-0.3, -0.25) is 19.9 Å². The monoisotopic (exact) mass is 535 g/mol. The summed E-state index contributed by atoms with van der Waals surface area (Å²) in [4.78, 5) is 29.0. The molecule has 1 heterocycles. The van der Waals surface area contributed by atoms with Crippen LogP contribution in [0, 0.1) is 11.7 Å². The van der Waals surface area contributed by atoms with Crippen LogP contribution in [0.4, 0.5) is 34.6 Å². The van der Waals surface area contributed by atoms with E-state index < -0.39 is 23.5 Å². The van der Waals surface area contributed by atoms with E-state index in [0.717, 1.165) is 43.9 Å². The molecule has 1 aliphatic heterocycles. The fourth-order valence-electron chi connectivity index (χ4n) is 4.19. The Morgan fingerprint density at radius 3 is 2.50 bits per heavy atom. The molecule has 38 heavy (non-hydrogen) atoms. The topological polar surface area (TPSA) is 94.6 Å². The van der Waals surface area contributed by atoms with Gasteiger partial charge >= 0.3 is 6.18 Å². The first-order valence-electron chi connectivity index (χ1n) is 12.8. The summed E-state index contributed by atoms with van der Waals surface area (Å²) in [6.45, 7) is 5.25. The molecule has 206 valence electrons. The van der Waals surface area contributed by atoms with Gasteiger partial charge in [-0.1, -0.05) is 33.1 Å². The van der Waals surface area contributed by atoms with Crippen molar-refractivity contribution in [2.24, 2.45) is 10.9 Å². The Kier molecular flexibility index (Phi) is 10.1. The Labute approximate surface area is 219 Å². The maximum absolute atomic E-state index is 14.4. The summed E-state index contributed by atoms with van der Waals surface area (Å²) in [5.41, 5.74) is -1.58. The van der Waals surface area contributed by atoms with Crippen molar-refractivity contribution in [1.29, 1.82) is 0 Å². The number of halogens is 4. The first kappa shape index (κ1) is 28.9. The molecule has 0 spiro atoms. The molecule has 3 rings (SSSR count). The zero-order chi connectivity index (χ0) is 27.7. The van der Waals surface area contributed by atoms with Gasteiger partial charge in [0.2, 0.25) is 5.91 Å². The van der Waals surface area contributed by atoms with Gasteiger partial charge in [0.15, 0.2) is 5.96 Å². The van der Waals surface area contributed by atoms with Crippen molar-refractivity contribution in [1.82, 2.24) is 10.6 Å². The van der Waals surface area contributed by atoms with Gasteiger partial charge in [-0.25, -0.2) is 4.39 Å². The number of anilines is 3. The number of hydrogen-bond acceptors (Lipinski definition) is 5. The molecule has 0 saturated heterocycles. The molecular weight excluding hydrogens is 502 g/mol. The van der Waals surface area contributed by atoms with Crippen LogP contribution in [0.25, 0.3) is 0 Å². The molecule has 2 amide bonds. The van der Waals surface area contributed by atoms with Crippen LogP contribution >= 0.6 is 0 Å². The minimum atomic E-state index is -4.77. The lowest BCUT2D eigenvalue weighted by molar-refractivity contribution is -0.137. The molecule has 0 saturated carbocycles. The average molecular weight is 536 g/mol. The number of alkyl halides is 3. The number of benzene rings is 2. The highest BCUT2D eigenvalue weighted by Crippen LogP contribution is 2.37. The molecule has 0 aliphatic carbocycles. The Bertz CT molecular complexity index is 1170. The van der Waals surface area contributed by atoms with Crippen molar-refractivity contribution in [3.05, 3.63) is 53.3 Å². The van der Waals surface area contributed by atoms with E-state index in [9.17, 15) is 27.2 Å². The van der Waals surface area contributed by atoms with Gasteiger partial charge in [0, 0.05) is 30.8 Å². The van der Waals surface area contributed by atoms with Crippen LogP contribution in [0.2, 0.25) is 0 Å². The van der Waals surface area contributed by atoms with Gasteiger partial charge in [0.1, 0.15) is 5.82 Å². The molecule has 0 aromatic heterocycles. The first-order valence-corrected chi connectivity index (χ1v) is 12.8. The van der Waals surface area contributed by atoms with E-state index in [1.165, 1.54) is 18.2 Å². The summed E-state index contributed by atoms with van der Waals surface area (Å²) in [5.74, 6) is -1.17. The molecule has 0 fully saturated rings. The highest BCUT2D eigenvalue weighted by atomic mass is 19.4. The predicted molar refractivity (Wildman–Crippen MR) is 140 cm³/mol. The average Bonchev–Trinajstić information content (AvgIpc) is 2.88. The fraction of sp³-hybridized carbons (Fsp3) is 0.444. The predicted octanol–water partition coefficient (Wildman–Crippen LogP) is 6.21. The molecule has 1 unspecified atom stereocenters. The smallest absolute Gasteiger partial charge is 0.356 e. The molecule has 0 radical (unpaired) electrons. The molecular formula is C27H33F4N5O2. The van der Waals surface area contributed by atoms with Gasteiger partial charge in [-0.2, -0.15) is 13.2 Å². The van der Waals surface area contributed by atoms with E-state index >= 15 is 0 Å². The van der Waals surface area contributed by atoms with Crippen LogP contribution in [0.15, 0.2) is 41.4 Å². The number of hydrogen-bond donors (Lipinski definition) is 4. The van der Waals surface area contributed by atoms with Crippen LogP contribution in [-0.2, 0) is 11.0 Å². The molecule has 4 N–H and O–H groups in total. The van der Waals surface area contributed by atoms with Crippen molar-refractivity contribution in [2.75, 3.05) is 23.7 Å². The zero-order valence-corrected chi connectivity index (χ0v) is 21.5. The van der Waals surface area contributed by atoms with E-state index in [1.54, 1.807) is 0 Å². The summed E-state index contributed by atoms with van der Waals surface area (Å²) in [6.07, 6.45) is -0.114. The normalized spacial score (nSPS) is 14.2. The second kappa shape index (κ2) is 13.3. The maximum atomic E-state index is 14.4. The Morgan fingerprint density at radius 1 is 1.05 bits per heavy atom. The summed E-state index contributed by atoms with van der Waals surface area (Å²) in [7, 11) is 0. The lowest BCUT2D eigenvalue weighted by atomic mass is 9.95. The first-order chi connectivity index (χ1) is 18.1. The molecule has 0 bridgehead atoms. The lowest BCUT2D eigenvalue weighted by Gasteiger charge is -2.18. The largest absolute Gasteiger partial charge is 0.418 e. The highest BCUT2D eigenvalue weighted by molar-refractivity contribution is 6.06. The Morgan fingerprint density at radius 2 is 1.84 bits per heavy atom. The standard InChI is InChI=1S/C27H33F4N5O2/c1-3-6-17(4-2)7-12-24(37)35-23-16-19(9-10-21(23)28)34-22-11-8-18(15-20(22)27(29,30)31)25(38)36-26-32-13-5-14-33-26/h8-11,15-17,34H,3-7,12-14H2,1-2H3,(H,35,37)(H2,32,33,36,38). The van der Waals surface area contributed by atoms with Crippen molar-refractivity contribution < 1.29 is 27.2 Å². The van der Waals surface area contributed by atoms with E-state index in [1.807, 2.05) is 0 Å². The number of carbonyl (C=O) groups is 2. The van der Waals surface area contributed by atoms with Crippen molar-refractivity contribution >= 4 is 34.8 Å². The fourth-order valence-corrected chi connectivity index (χ4v) is 4.19. The van der Waals surface area contributed by atoms with Crippen LogP contribution < -0.4 is 21.3 Å². The van der Waals surface area contributed by atoms with Gasteiger partial charge in [0.25, 0.3) is 5.91 Å². The maximum Gasteiger partial charge on any atom is 0.418 e. The van der Waals surface area contributed by atoms with E-state index in [0.29, 0.717) is 25.4 Å². The number of amides is 2. The number of rotatable bonds is 10. The van der Waals surface area contributed by atoms with Crippen LogP contribution in [0.3, 0.4) is 0 Å². The minimum Gasteiger partial charge on any atom is -0.356 e. The second-order valence-electron chi connectivity index (χ2n) is 9.19. The number of nitrogens with zero attached hydrogens (tertiary/aromatic N) is 1. The van der Waals surface area contributed by atoms with Crippen molar-refractivity contribution in [3.8, 4) is 0 Å². The molecule has 7 nitrogen and oxygen atoms in total. The molecule has 1 aliphatic rings. The van der Waals surface area contributed by atoms with Gasteiger partial charge in [-0.15, -0.1) is 0 Å². The van der Waals surface area contributed by atoms with Crippen LogP contribution in [-0.4, -0.2) is 30.9 Å². The van der Waals surface area contributed by atoms with E-state index in [4.69, 9.17) is 0 Å². The van der Waals surface area contributed by atoms with Crippen molar-refractivity contribution in [3.63, 3.8) is 0 Å². The number of aliphatic imine (C=N–C) groups is 1. The number of carbonyl (C=O) groups excluding carboxylic acids is 2. The van der Waals surface area contributed by atoms with E-state index in [-0.39, 0.29) is 40.9 Å². The molecule has 2 aromatic carbocycles. The Hall–Kier alpha value is -3.63. The molecule has 11 heteroatoms. The minimum absolute atomic E-state index is 0.131. The molecule has 1 atom stereocenters. The number of nitrogens with one attached hydrogen (secondary N) is 4. The lowest BCUT2D eigenvalue weighted by Crippen LogP contribution is -2.43. The number of guanidine groups is 1. The third-order valence-electron chi connectivity index (χ3n) is 6.29. The van der Waals surface area contributed by atoms with Gasteiger partial charge in [0.05, 0.1) is 16.9 Å². The van der Waals surface area contributed by atoms with Gasteiger partial charge < -0.3 is 16.0 Å². The summed E-state index contributed by atoms with van der Waals surface area (Å²) in [5, 5.41) is 10.5. The summed E-state index contributed by atoms with van der Waals surface area (Å²) in [6, 6.07) is 6.71. The van der Waals surface area contributed by atoms with E-state index in [2.05, 4.69) is 40.1 Å².